The van der Waals surface area contributed by atoms with Gasteiger partial charge in [0.15, 0.2) is 0 Å². The molecule has 1 heterocycles. The van der Waals surface area contributed by atoms with Crippen molar-refractivity contribution in [3.8, 4) is 28.2 Å². The van der Waals surface area contributed by atoms with Crippen molar-refractivity contribution in [3.63, 3.8) is 0 Å². The van der Waals surface area contributed by atoms with Gasteiger partial charge >= 0.3 is 6.18 Å². The van der Waals surface area contributed by atoms with Crippen LogP contribution in [0.15, 0.2) is 97.2 Å². The van der Waals surface area contributed by atoms with Crippen molar-refractivity contribution in [1.29, 1.82) is 0 Å². The highest BCUT2D eigenvalue weighted by Gasteiger charge is 2.35. The molecule has 6 heteroatoms. The maximum atomic E-state index is 13.8. The van der Waals surface area contributed by atoms with Gasteiger partial charge in [-0.1, -0.05) is 66.7 Å². The van der Waals surface area contributed by atoms with E-state index in [9.17, 15) is 18.3 Å². The van der Waals surface area contributed by atoms with E-state index in [0.717, 1.165) is 28.0 Å². The molecule has 4 aromatic carbocycles. The molecule has 0 aliphatic heterocycles. The third-order valence-corrected chi connectivity index (χ3v) is 6.03. The van der Waals surface area contributed by atoms with Crippen LogP contribution in [0.25, 0.3) is 39.0 Å². The van der Waals surface area contributed by atoms with Crippen molar-refractivity contribution in [1.82, 2.24) is 9.55 Å². The molecule has 0 fully saturated rings. The van der Waals surface area contributed by atoms with Gasteiger partial charge in [0.2, 0.25) is 0 Å². The number of nitrogens with zero attached hydrogens (tertiary/aromatic N) is 2. The van der Waals surface area contributed by atoms with Crippen molar-refractivity contribution >= 4 is 10.8 Å². The van der Waals surface area contributed by atoms with Crippen molar-refractivity contribution in [3.05, 3.63) is 108 Å². The van der Waals surface area contributed by atoms with Gasteiger partial charge < -0.3 is 5.11 Å². The van der Waals surface area contributed by atoms with Gasteiger partial charge in [0, 0.05) is 17.4 Å². The molecule has 0 spiro atoms. The number of rotatable bonds is 4. The average molecular weight is 473 g/mol. The van der Waals surface area contributed by atoms with Crippen LogP contribution in [0.4, 0.5) is 13.2 Å². The lowest BCUT2D eigenvalue weighted by Crippen LogP contribution is -2.15. The summed E-state index contributed by atoms with van der Waals surface area (Å²) < 4.78 is 42.9. The zero-order valence-electron chi connectivity index (χ0n) is 19.2. The van der Waals surface area contributed by atoms with Gasteiger partial charge in [-0.05, 0) is 60.0 Å². The molecule has 0 bridgehead atoms. The number of benzene rings is 4. The number of hydrogen-bond donors (Lipinski definition) is 1. The van der Waals surface area contributed by atoms with Gasteiger partial charge in [0.25, 0.3) is 0 Å². The fraction of sp³-hybridized carbons (Fsp3) is 0.138. The number of alkyl halides is 3. The Balaban J connectivity index is 1.61. The van der Waals surface area contributed by atoms with Crippen LogP contribution >= 0.6 is 0 Å². The van der Waals surface area contributed by atoms with Gasteiger partial charge in [0.1, 0.15) is 11.4 Å². The van der Waals surface area contributed by atoms with Crippen LogP contribution in [-0.2, 0) is 11.8 Å². The quantitative estimate of drug-likeness (QED) is 0.292. The third kappa shape index (κ3) is 4.45. The monoisotopic (exact) mass is 472 g/mol. The highest BCUT2D eigenvalue weighted by Crippen LogP contribution is 2.38. The van der Waals surface area contributed by atoms with E-state index in [1.54, 1.807) is 30.7 Å². The molecular formula is C29H23F3N2O. The summed E-state index contributed by atoms with van der Waals surface area (Å²) in [6, 6.07) is 27.2. The minimum absolute atomic E-state index is 0.0471. The molecule has 5 rings (SSSR count). The third-order valence-electron chi connectivity index (χ3n) is 6.03. The van der Waals surface area contributed by atoms with E-state index in [2.05, 4.69) is 29.2 Å². The second-order valence-electron chi connectivity index (χ2n) is 9.03. The van der Waals surface area contributed by atoms with Crippen LogP contribution in [-0.4, -0.2) is 14.7 Å². The number of aliphatic hydroxyl groups is 1. The fourth-order valence-electron chi connectivity index (χ4n) is 4.17. The van der Waals surface area contributed by atoms with Crippen LogP contribution in [0.2, 0.25) is 0 Å². The molecule has 1 aromatic heterocycles. The lowest BCUT2D eigenvalue weighted by atomic mass is 10.0. The standard InChI is InChI=1S/C29H23F3N2O/c1-28(2,35)26-18-34(27(33-26)24-9-5-6-10-25(24)29(30,31)32)23-15-13-20(14-16-23)22-12-11-19-7-3-4-8-21(19)17-22/h3-18,35H,1-2H3. The largest absolute Gasteiger partial charge is 0.417 e. The van der Waals surface area contributed by atoms with Gasteiger partial charge in [-0.15, -0.1) is 0 Å². The first-order chi connectivity index (χ1) is 16.6. The van der Waals surface area contributed by atoms with E-state index >= 15 is 0 Å². The summed E-state index contributed by atoms with van der Waals surface area (Å²) >= 11 is 0. The first-order valence-electron chi connectivity index (χ1n) is 11.2. The molecule has 0 amide bonds. The molecule has 0 atom stereocenters. The molecule has 1 N–H and O–H groups in total. The molecule has 5 aromatic rings. The molecule has 3 nitrogen and oxygen atoms in total. The zero-order chi connectivity index (χ0) is 24.8. The number of hydrogen-bond acceptors (Lipinski definition) is 2. The fourth-order valence-corrected chi connectivity index (χ4v) is 4.17. The van der Waals surface area contributed by atoms with Crippen LogP contribution in [0, 0.1) is 0 Å². The number of fused-ring (bicyclic) bond motifs is 1. The van der Waals surface area contributed by atoms with E-state index in [-0.39, 0.29) is 17.1 Å². The molecule has 0 unspecified atom stereocenters. The summed E-state index contributed by atoms with van der Waals surface area (Å²) in [4.78, 5) is 4.43. The summed E-state index contributed by atoms with van der Waals surface area (Å²) in [5.41, 5.74) is 0.807. The minimum Gasteiger partial charge on any atom is -0.384 e. The topological polar surface area (TPSA) is 38.0 Å². The normalized spacial score (nSPS) is 12.3. The Morgan fingerprint density at radius 2 is 1.37 bits per heavy atom. The summed E-state index contributed by atoms with van der Waals surface area (Å²) in [5, 5.41) is 12.8. The lowest BCUT2D eigenvalue weighted by Gasteiger charge is -2.14. The Kier molecular flexibility index (Phi) is 5.49. The Labute approximate surface area is 201 Å². The van der Waals surface area contributed by atoms with Crippen molar-refractivity contribution < 1.29 is 18.3 Å². The number of aromatic nitrogens is 2. The van der Waals surface area contributed by atoms with E-state index in [1.807, 2.05) is 42.5 Å². The van der Waals surface area contributed by atoms with Gasteiger partial charge in [-0.25, -0.2) is 4.98 Å². The Morgan fingerprint density at radius 3 is 2.06 bits per heavy atom. The van der Waals surface area contributed by atoms with E-state index < -0.39 is 17.3 Å². The van der Waals surface area contributed by atoms with Crippen molar-refractivity contribution in [2.45, 2.75) is 25.6 Å². The summed E-state index contributed by atoms with van der Waals surface area (Å²) in [5.74, 6) is 0.119. The van der Waals surface area contributed by atoms with E-state index in [1.165, 1.54) is 12.1 Å². The maximum Gasteiger partial charge on any atom is 0.417 e. The van der Waals surface area contributed by atoms with E-state index in [0.29, 0.717) is 5.69 Å². The Bertz CT molecular complexity index is 1510. The van der Waals surface area contributed by atoms with Crippen molar-refractivity contribution in [2.75, 3.05) is 0 Å². The molecular weight excluding hydrogens is 449 g/mol. The molecule has 176 valence electrons. The molecule has 0 aliphatic carbocycles. The second kappa shape index (κ2) is 8.40. The smallest absolute Gasteiger partial charge is 0.384 e. The minimum atomic E-state index is -4.54. The first-order valence-corrected chi connectivity index (χ1v) is 11.2. The SMILES string of the molecule is CC(C)(O)c1cn(-c2ccc(-c3ccc4ccccc4c3)cc2)c(-c2ccccc2C(F)(F)F)n1. The van der Waals surface area contributed by atoms with Crippen molar-refractivity contribution in [2.24, 2.45) is 0 Å². The summed E-state index contributed by atoms with van der Waals surface area (Å²) in [6.07, 6.45) is -2.95. The van der Waals surface area contributed by atoms with Gasteiger partial charge in [0.05, 0.1) is 11.3 Å². The molecule has 0 saturated carbocycles. The number of halogens is 3. The predicted octanol–water partition coefficient (Wildman–Crippen LogP) is 7.61. The lowest BCUT2D eigenvalue weighted by molar-refractivity contribution is -0.137. The summed E-state index contributed by atoms with van der Waals surface area (Å²) in [6.45, 7) is 3.11. The maximum absolute atomic E-state index is 13.8. The van der Waals surface area contributed by atoms with E-state index in [4.69, 9.17) is 0 Å². The number of imidazole rings is 1. The second-order valence-corrected chi connectivity index (χ2v) is 9.03. The Morgan fingerprint density at radius 1 is 0.743 bits per heavy atom. The molecule has 0 radical (unpaired) electrons. The Hall–Kier alpha value is -3.90. The average Bonchev–Trinajstić information content (AvgIpc) is 3.29. The summed E-state index contributed by atoms with van der Waals surface area (Å²) in [7, 11) is 0. The van der Waals surface area contributed by atoms with Crippen LogP contribution < -0.4 is 0 Å². The predicted molar refractivity (Wildman–Crippen MR) is 132 cm³/mol. The molecule has 0 saturated heterocycles. The molecule has 35 heavy (non-hydrogen) atoms. The first kappa shape index (κ1) is 22.9. The van der Waals surface area contributed by atoms with Gasteiger partial charge in [-0.2, -0.15) is 13.2 Å². The highest BCUT2D eigenvalue weighted by molar-refractivity contribution is 5.87. The highest BCUT2D eigenvalue weighted by atomic mass is 19.4. The van der Waals surface area contributed by atoms with Crippen LogP contribution in [0.5, 0.6) is 0 Å². The molecule has 0 aliphatic rings. The zero-order valence-corrected chi connectivity index (χ0v) is 19.2. The van der Waals surface area contributed by atoms with Crippen LogP contribution in [0.1, 0.15) is 25.1 Å². The van der Waals surface area contributed by atoms with Gasteiger partial charge in [-0.3, -0.25) is 4.57 Å². The van der Waals surface area contributed by atoms with Crippen LogP contribution in [0.3, 0.4) is 0 Å².